The van der Waals surface area contributed by atoms with Crippen molar-refractivity contribution in [2.45, 2.75) is 83.2 Å². The van der Waals surface area contributed by atoms with Crippen LogP contribution >= 0.6 is 0 Å². The van der Waals surface area contributed by atoms with Crippen LogP contribution in [0.1, 0.15) is 71.1 Å². The van der Waals surface area contributed by atoms with Gasteiger partial charge in [0, 0.05) is 31.1 Å². The molecule has 0 spiro atoms. The molecule has 24 heavy (non-hydrogen) atoms. The van der Waals surface area contributed by atoms with Gasteiger partial charge in [0.15, 0.2) is 0 Å². The standard InChI is InChI=1S/C19H33N3O2/c1-14-6-8-16(9-7-14)22(19(20)24)17-10-12-21(13-11-17)18(23)15-4-2-3-5-15/h14-17H,2-13H2,1H3,(H2,20,24)/t14-,16-. The van der Waals surface area contributed by atoms with Gasteiger partial charge < -0.3 is 15.5 Å². The van der Waals surface area contributed by atoms with Crippen LogP contribution in [0.25, 0.3) is 0 Å². The van der Waals surface area contributed by atoms with E-state index >= 15 is 0 Å². The Balaban J connectivity index is 1.55. The quantitative estimate of drug-likeness (QED) is 0.861. The Labute approximate surface area is 145 Å². The van der Waals surface area contributed by atoms with Crippen LogP contribution < -0.4 is 5.73 Å². The lowest BCUT2D eigenvalue weighted by Crippen LogP contribution is -2.55. The lowest BCUT2D eigenvalue weighted by Gasteiger charge is -2.43. The normalized spacial score (nSPS) is 29.6. The van der Waals surface area contributed by atoms with Crippen LogP contribution in [0.15, 0.2) is 0 Å². The fraction of sp³-hybridized carbons (Fsp3) is 0.895. The third kappa shape index (κ3) is 3.86. The number of carbonyl (C=O) groups is 2. The zero-order chi connectivity index (χ0) is 17.1. The Morgan fingerprint density at radius 3 is 1.96 bits per heavy atom. The molecule has 3 amide bonds. The first-order chi connectivity index (χ1) is 11.6. The zero-order valence-corrected chi connectivity index (χ0v) is 15.1. The number of likely N-dealkylation sites (tertiary alicyclic amines) is 1. The summed E-state index contributed by atoms with van der Waals surface area (Å²) in [6, 6.07) is 0.254. The predicted molar refractivity (Wildman–Crippen MR) is 94.4 cm³/mol. The molecule has 0 radical (unpaired) electrons. The highest BCUT2D eigenvalue weighted by atomic mass is 16.2. The van der Waals surface area contributed by atoms with Gasteiger partial charge >= 0.3 is 6.03 Å². The van der Waals surface area contributed by atoms with Crippen LogP contribution in [-0.2, 0) is 4.79 Å². The van der Waals surface area contributed by atoms with Crippen molar-refractivity contribution >= 4 is 11.9 Å². The third-order valence-corrected chi connectivity index (χ3v) is 6.51. The van der Waals surface area contributed by atoms with E-state index in [9.17, 15) is 9.59 Å². The molecule has 2 saturated carbocycles. The minimum atomic E-state index is -0.268. The van der Waals surface area contributed by atoms with Gasteiger partial charge in [-0.15, -0.1) is 0 Å². The molecule has 1 saturated heterocycles. The topological polar surface area (TPSA) is 66.6 Å². The molecular formula is C19H33N3O2. The number of carbonyl (C=O) groups excluding carboxylic acids is 2. The predicted octanol–water partition coefficient (Wildman–Crippen LogP) is 3.13. The van der Waals surface area contributed by atoms with Crippen molar-refractivity contribution < 1.29 is 9.59 Å². The monoisotopic (exact) mass is 335 g/mol. The number of amides is 3. The van der Waals surface area contributed by atoms with Crippen molar-refractivity contribution in [3.05, 3.63) is 0 Å². The van der Waals surface area contributed by atoms with Gasteiger partial charge in [-0.05, 0) is 57.3 Å². The number of hydrogen-bond donors (Lipinski definition) is 1. The molecule has 2 N–H and O–H groups in total. The number of urea groups is 1. The molecule has 0 unspecified atom stereocenters. The van der Waals surface area contributed by atoms with Crippen LogP contribution in [0.2, 0.25) is 0 Å². The first kappa shape index (κ1) is 17.6. The maximum absolute atomic E-state index is 12.6. The Morgan fingerprint density at radius 2 is 1.42 bits per heavy atom. The van der Waals surface area contributed by atoms with Gasteiger partial charge in [-0.1, -0.05) is 19.8 Å². The van der Waals surface area contributed by atoms with E-state index in [1.807, 2.05) is 9.80 Å². The minimum Gasteiger partial charge on any atom is -0.351 e. The highest BCUT2D eigenvalue weighted by Gasteiger charge is 2.36. The number of nitrogens with zero attached hydrogens (tertiary/aromatic N) is 2. The van der Waals surface area contributed by atoms with Crippen LogP contribution in [0.5, 0.6) is 0 Å². The number of primary amides is 1. The van der Waals surface area contributed by atoms with E-state index in [0.29, 0.717) is 11.9 Å². The summed E-state index contributed by atoms with van der Waals surface area (Å²) in [6.45, 7) is 3.86. The molecule has 5 nitrogen and oxygen atoms in total. The molecule has 1 aliphatic heterocycles. The van der Waals surface area contributed by atoms with Gasteiger partial charge in [0.1, 0.15) is 0 Å². The summed E-state index contributed by atoms with van der Waals surface area (Å²) in [6.07, 6.45) is 10.8. The van der Waals surface area contributed by atoms with Crippen molar-refractivity contribution in [1.82, 2.24) is 9.80 Å². The molecule has 5 heteroatoms. The largest absolute Gasteiger partial charge is 0.351 e. The molecule has 3 aliphatic rings. The fourth-order valence-electron chi connectivity index (χ4n) is 4.97. The summed E-state index contributed by atoms with van der Waals surface area (Å²) in [5.74, 6) is 1.37. The average molecular weight is 335 g/mol. The van der Waals surface area contributed by atoms with Crippen LogP contribution in [0.3, 0.4) is 0 Å². The van der Waals surface area contributed by atoms with Gasteiger partial charge in [0.25, 0.3) is 0 Å². The molecule has 136 valence electrons. The Kier molecular flexibility index (Phi) is 5.67. The summed E-state index contributed by atoms with van der Waals surface area (Å²) < 4.78 is 0. The summed E-state index contributed by atoms with van der Waals surface area (Å²) in [5, 5.41) is 0. The molecule has 1 heterocycles. The van der Waals surface area contributed by atoms with Gasteiger partial charge in [-0.3, -0.25) is 4.79 Å². The number of piperidine rings is 1. The lowest BCUT2D eigenvalue weighted by molar-refractivity contribution is -0.136. The van der Waals surface area contributed by atoms with E-state index in [1.165, 1.54) is 25.7 Å². The average Bonchev–Trinajstić information content (AvgIpc) is 3.11. The van der Waals surface area contributed by atoms with Gasteiger partial charge in [0.05, 0.1) is 0 Å². The second-order valence-corrected chi connectivity index (χ2v) is 8.20. The fourth-order valence-corrected chi connectivity index (χ4v) is 4.97. The van der Waals surface area contributed by atoms with Gasteiger partial charge in [0.2, 0.25) is 5.91 Å². The van der Waals surface area contributed by atoms with Crippen LogP contribution in [0, 0.1) is 11.8 Å². The molecule has 3 fully saturated rings. The third-order valence-electron chi connectivity index (χ3n) is 6.51. The highest BCUT2D eigenvalue weighted by molar-refractivity contribution is 5.79. The Bertz CT molecular complexity index is 446. The maximum atomic E-state index is 12.6. The SMILES string of the molecule is C[C@H]1CC[C@H](N(C(N)=O)C2CCN(C(=O)C3CCCC3)CC2)CC1. The zero-order valence-electron chi connectivity index (χ0n) is 15.1. The molecule has 0 atom stereocenters. The van der Waals surface area contributed by atoms with E-state index in [2.05, 4.69) is 6.92 Å². The summed E-state index contributed by atoms with van der Waals surface area (Å²) in [7, 11) is 0. The number of nitrogens with two attached hydrogens (primary N) is 1. The smallest absolute Gasteiger partial charge is 0.315 e. The van der Waals surface area contributed by atoms with E-state index < -0.39 is 0 Å². The van der Waals surface area contributed by atoms with Crippen molar-refractivity contribution in [2.24, 2.45) is 17.6 Å². The van der Waals surface area contributed by atoms with E-state index in [-0.39, 0.29) is 18.0 Å². The van der Waals surface area contributed by atoms with Crippen LogP contribution in [-0.4, -0.2) is 46.9 Å². The lowest BCUT2D eigenvalue weighted by atomic mass is 9.85. The van der Waals surface area contributed by atoms with E-state index in [0.717, 1.165) is 57.5 Å². The molecule has 0 aromatic rings. The Hall–Kier alpha value is -1.26. The second-order valence-electron chi connectivity index (χ2n) is 8.20. The van der Waals surface area contributed by atoms with Crippen molar-refractivity contribution in [3.8, 4) is 0 Å². The van der Waals surface area contributed by atoms with Gasteiger partial charge in [-0.25, -0.2) is 4.79 Å². The summed E-state index contributed by atoms with van der Waals surface area (Å²) in [5.41, 5.74) is 5.73. The van der Waals surface area contributed by atoms with E-state index in [1.54, 1.807) is 0 Å². The molecule has 0 aromatic heterocycles. The maximum Gasteiger partial charge on any atom is 0.315 e. The molecule has 2 aliphatic carbocycles. The Morgan fingerprint density at radius 1 is 0.875 bits per heavy atom. The van der Waals surface area contributed by atoms with Crippen LogP contribution in [0.4, 0.5) is 4.79 Å². The molecule has 3 rings (SSSR count). The minimum absolute atomic E-state index is 0.216. The van der Waals surface area contributed by atoms with E-state index in [4.69, 9.17) is 5.73 Å². The first-order valence-electron chi connectivity index (χ1n) is 9.93. The molecular weight excluding hydrogens is 302 g/mol. The van der Waals surface area contributed by atoms with Crippen molar-refractivity contribution in [2.75, 3.05) is 13.1 Å². The number of rotatable bonds is 3. The molecule has 0 aromatic carbocycles. The summed E-state index contributed by atoms with van der Waals surface area (Å²) >= 11 is 0. The molecule has 0 bridgehead atoms. The van der Waals surface area contributed by atoms with Gasteiger partial charge in [-0.2, -0.15) is 0 Å². The van der Waals surface area contributed by atoms with Crippen molar-refractivity contribution in [1.29, 1.82) is 0 Å². The highest BCUT2D eigenvalue weighted by Crippen LogP contribution is 2.32. The van der Waals surface area contributed by atoms with Crippen molar-refractivity contribution in [3.63, 3.8) is 0 Å². The summed E-state index contributed by atoms with van der Waals surface area (Å²) in [4.78, 5) is 28.6. The first-order valence-corrected chi connectivity index (χ1v) is 9.93. The number of hydrogen-bond acceptors (Lipinski definition) is 2. The second kappa shape index (κ2) is 7.75.